The second-order valence-electron chi connectivity index (χ2n) is 16.9. The van der Waals surface area contributed by atoms with Crippen LogP contribution in [0.4, 0.5) is 4.79 Å². The number of nitrogens with zero attached hydrogens (tertiary/aromatic N) is 4. The lowest BCUT2D eigenvalue weighted by atomic mass is 9.89. The molecule has 8 rings (SSSR count). The molecular formula is C45H53N7O6. The highest BCUT2D eigenvalue weighted by Crippen LogP contribution is 2.51. The fourth-order valence-electron chi connectivity index (χ4n) is 9.55. The van der Waals surface area contributed by atoms with Crippen molar-refractivity contribution in [3.63, 3.8) is 0 Å². The lowest BCUT2D eigenvalue weighted by Crippen LogP contribution is -2.51. The first kappa shape index (κ1) is 39.1. The molecular weight excluding hydrogens is 735 g/mol. The third-order valence-corrected chi connectivity index (χ3v) is 12.7. The number of hydrogen-bond donors (Lipinski definition) is 3. The molecule has 3 aliphatic rings. The van der Waals surface area contributed by atoms with E-state index in [0.717, 1.165) is 87.9 Å². The summed E-state index contributed by atoms with van der Waals surface area (Å²) in [6, 6.07) is 18.1. The molecule has 3 aromatic carbocycles. The van der Waals surface area contributed by atoms with Crippen LogP contribution in [-0.2, 0) is 23.9 Å². The van der Waals surface area contributed by atoms with E-state index in [1.807, 2.05) is 49.8 Å². The molecule has 2 aliphatic heterocycles. The van der Waals surface area contributed by atoms with E-state index in [1.54, 1.807) is 0 Å². The highest BCUT2D eigenvalue weighted by molar-refractivity contribution is 6.05. The zero-order chi connectivity index (χ0) is 40.8. The van der Waals surface area contributed by atoms with Crippen LogP contribution in [0.25, 0.3) is 44.2 Å². The highest BCUT2D eigenvalue weighted by Gasteiger charge is 2.51. The van der Waals surface area contributed by atoms with Gasteiger partial charge in [0.1, 0.15) is 17.7 Å². The second-order valence-corrected chi connectivity index (χ2v) is 16.9. The number of H-pyrrole nitrogens is 2. The quantitative estimate of drug-likeness (QED) is 0.115. The number of aromatic nitrogens is 4. The monoisotopic (exact) mass is 787 g/mol. The average Bonchev–Trinajstić information content (AvgIpc) is 4.09. The molecule has 1 saturated carbocycles. The van der Waals surface area contributed by atoms with E-state index in [0.29, 0.717) is 12.5 Å². The predicted octanol–water partition coefficient (Wildman–Crippen LogP) is 7.70. The van der Waals surface area contributed by atoms with E-state index in [1.165, 1.54) is 14.2 Å². The smallest absolute Gasteiger partial charge is 0.407 e. The van der Waals surface area contributed by atoms with Crippen molar-refractivity contribution in [1.29, 1.82) is 0 Å². The number of benzene rings is 3. The van der Waals surface area contributed by atoms with Gasteiger partial charge in [0.05, 0.1) is 61.6 Å². The van der Waals surface area contributed by atoms with Crippen molar-refractivity contribution in [3.05, 3.63) is 72.4 Å². The summed E-state index contributed by atoms with van der Waals surface area (Å²) in [6.45, 7) is 8.39. The van der Waals surface area contributed by atoms with E-state index < -0.39 is 18.1 Å². The van der Waals surface area contributed by atoms with Gasteiger partial charge in [-0.05, 0) is 84.1 Å². The Morgan fingerprint density at radius 2 is 1.60 bits per heavy atom. The molecule has 13 heteroatoms. The molecule has 0 unspecified atom stereocenters. The van der Waals surface area contributed by atoms with Gasteiger partial charge in [0, 0.05) is 18.0 Å². The van der Waals surface area contributed by atoms with Crippen molar-refractivity contribution in [2.75, 3.05) is 20.8 Å². The number of esters is 1. The molecule has 3 fully saturated rings. The zero-order valence-electron chi connectivity index (χ0n) is 34.1. The molecule has 2 saturated heterocycles. The fourth-order valence-corrected chi connectivity index (χ4v) is 9.55. The minimum atomic E-state index is -0.693. The minimum absolute atomic E-state index is 0.00769. The van der Waals surface area contributed by atoms with E-state index in [4.69, 9.17) is 19.4 Å². The maximum Gasteiger partial charge on any atom is 0.407 e. The maximum absolute atomic E-state index is 14.0. The first-order chi connectivity index (χ1) is 27.9. The lowest BCUT2D eigenvalue weighted by Gasteiger charge is -2.37. The first-order valence-electron chi connectivity index (χ1n) is 20.6. The maximum atomic E-state index is 14.0. The number of fused-ring (bicyclic) bond motifs is 5. The van der Waals surface area contributed by atoms with Crippen LogP contribution in [0.5, 0.6) is 0 Å². The van der Waals surface area contributed by atoms with Crippen LogP contribution in [0.2, 0.25) is 0 Å². The van der Waals surface area contributed by atoms with Gasteiger partial charge in [-0.15, -0.1) is 0 Å². The van der Waals surface area contributed by atoms with Crippen LogP contribution in [0.1, 0.15) is 90.0 Å². The average molecular weight is 788 g/mol. The third kappa shape index (κ3) is 7.19. The van der Waals surface area contributed by atoms with Crippen molar-refractivity contribution < 1.29 is 28.7 Å². The summed E-state index contributed by atoms with van der Waals surface area (Å²) in [5, 5.41) is 4.80. The summed E-state index contributed by atoms with van der Waals surface area (Å²) in [6.07, 6.45) is 5.94. The zero-order valence-corrected chi connectivity index (χ0v) is 34.1. The summed E-state index contributed by atoms with van der Waals surface area (Å²) in [5.41, 5.74) is 5.81. The Labute approximate surface area is 338 Å². The number of carbonyl (C=O) groups is 4. The Kier molecular flexibility index (Phi) is 10.7. The molecule has 304 valence electrons. The van der Waals surface area contributed by atoms with Gasteiger partial charge < -0.3 is 34.6 Å². The van der Waals surface area contributed by atoms with Crippen LogP contribution in [-0.4, -0.2) is 86.5 Å². The van der Waals surface area contributed by atoms with Crippen molar-refractivity contribution in [1.82, 2.24) is 35.1 Å². The van der Waals surface area contributed by atoms with E-state index in [2.05, 4.69) is 63.8 Å². The van der Waals surface area contributed by atoms with Gasteiger partial charge in [-0.25, -0.2) is 14.8 Å². The minimum Gasteiger partial charge on any atom is -0.469 e. The molecule has 2 aromatic heterocycles. The third-order valence-electron chi connectivity index (χ3n) is 12.7. The summed E-state index contributed by atoms with van der Waals surface area (Å²) in [4.78, 5) is 72.8. The SMILES string of the molecule is COC(=O)C[C@H](C(=O)N1[C@@H]2CC[C@@H](C2)[C@H]1c1ncc(-c2ccc(-c3ccc4c(ccc5[nH]c([C@@H]6CCCN6C(=O)[C@@H](NC(=O)OC)C(C)C)nc54)c3)cc2)[nH]1)C(C)C. The standard InChI is InChI=1S/C45H53N7O6/c1-24(2)33(22-37(53)57-5)43(54)52-31-16-13-30(21-31)40(52)42-46-23-35(48-42)27-11-9-26(10-12-27)28-14-17-32-29(20-28)15-18-34-39(32)49-41(47-34)36-8-7-19-51(36)44(55)38(25(3)4)50-45(56)58-6/h9-12,14-15,17-18,20,23-25,30-31,33,36,38,40H,7-8,13,16,19,21-22H2,1-6H3,(H,46,48)(H,47,49)(H,50,56)/t30-,31+,33-,36-,38-,40-/m0/s1. The molecule has 3 amide bonds. The Bertz CT molecular complexity index is 2350. The summed E-state index contributed by atoms with van der Waals surface area (Å²) in [5.74, 6) is 0.863. The number of imidazole rings is 2. The Hall–Kier alpha value is -5.72. The van der Waals surface area contributed by atoms with Gasteiger partial charge >= 0.3 is 12.1 Å². The van der Waals surface area contributed by atoms with Crippen LogP contribution < -0.4 is 5.32 Å². The number of likely N-dealkylation sites (tertiary alicyclic amines) is 2. The molecule has 13 nitrogen and oxygen atoms in total. The van der Waals surface area contributed by atoms with E-state index in [-0.39, 0.29) is 54.2 Å². The number of piperidine rings is 1. The lowest BCUT2D eigenvalue weighted by molar-refractivity contribution is -0.150. The molecule has 5 aromatic rings. The summed E-state index contributed by atoms with van der Waals surface area (Å²) in [7, 11) is 2.66. The molecule has 58 heavy (non-hydrogen) atoms. The van der Waals surface area contributed by atoms with Crippen molar-refractivity contribution in [2.45, 2.75) is 90.4 Å². The number of aromatic amines is 2. The van der Waals surface area contributed by atoms with Gasteiger partial charge in [0.15, 0.2) is 0 Å². The molecule has 0 spiro atoms. The van der Waals surface area contributed by atoms with Crippen LogP contribution in [0.3, 0.4) is 0 Å². The number of hydrogen-bond acceptors (Lipinski definition) is 8. The highest BCUT2D eigenvalue weighted by atomic mass is 16.5. The van der Waals surface area contributed by atoms with E-state index in [9.17, 15) is 19.2 Å². The summed E-state index contributed by atoms with van der Waals surface area (Å²) >= 11 is 0. The largest absolute Gasteiger partial charge is 0.469 e. The molecule has 1 aliphatic carbocycles. The molecule has 2 bridgehead atoms. The Morgan fingerprint density at radius 3 is 2.33 bits per heavy atom. The normalized spacial score (nSPS) is 21.3. The second kappa shape index (κ2) is 15.9. The number of amides is 3. The number of rotatable bonds is 11. The number of carbonyl (C=O) groups excluding carboxylic acids is 4. The van der Waals surface area contributed by atoms with Crippen LogP contribution in [0.15, 0.2) is 60.8 Å². The van der Waals surface area contributed by atoms with Crippen LogP contribution >= 0.6 is 0 Å². The van der Waals surface area contributed by atoms with Gasteiger partial charge in [-0.2, -0.15) is 0 Å². The van der Waals surface area contributed by atoms with Gasteiger partial charge in [-0.1, -0.05) is 70.2 Å². The molecule has 0 radical (unpaired) electrons. The number of ether oxygens (including phenoxy) is 2. The number of nitrogens with one attached hydrogen (secondary N) is 3. The van der Waals surface area contributed by atoms with Crippen molar-refractivity contribution >= 4 is 45.7 Å². The number of methoxy groups -OCH3 is 2. The Morgan fingerprint density at radius 1 is 0.845 bits per heavy atom. The van der Waals surface area contributed by atoms with E-state index >= 15 is 0 Å². The molecule has 3 N–H and O–H groups in total. The first-order valence-corrected chi connectivity index (χ1v) is 20.6. The van der Waals surface area contributed by atoms with Crippen molar-refractivity contribution in [3.8, 4) is 22.4 Å². The fraction of sp³-hybridized carbons (Fsp3) is 0.467. The molecule has 4 heterocycles. The van der Waals surface area contributed by atoms with Crippen LogP contribution in [0, 0.1) is 23.7 Å². The van der Waals surface area contributed by atoms with Gasteiger partial charge in [-0.3, -0.25) is 14.4 Å². The topological polar surface area (TPSA) is 163 Å². The summed E-state index contributed by atoms with van der Waals surface area (Å²) < 4.78 is 9.72. The number of alkyl carbamates (subject to hydrolysis) is 1. The molecule has 6 atom stereocenters. The Balaban J connectivity index is 0.997. The predicted molar refractivity (Wildman–Crippen MR) is 220 cm³/mol. The van der Waals surface area contributed by atoms with Crippen molar-refractivity contribution in [2.24, 2.45) is 23.7 Å². The van der Waals surface area contributed by atoms with Gasteiger partial charge in [0.25, 0.3) is 0 Å². The van der Waals surface area contributed by atoms with Gasteiger partial charge in [0.2, 0.25) is 11.8 Å².